The third kappa shape index (κ3) is 4.38. The van der Waals surface area contributed by atoms with Crippen LogP contribution in [0.1, 0.15) is 13.3 Å². The number of allylic oxidation sites excluding steroid dienone is 3. The number of anilines is 1. The zero-order valence-corrected chi connectivity index (χ0v) is 13.5. The summed E-state index contributed by atoms with van der Waals surface area (Å²) >= 11 is 6.10. The van der Waals surface area contributed by atoms with Gasteiger partial charge in [0, 0.05) is 17.6 Å². The summed E-state index contributed by atoms with van der Waals surface area (Å²) in [5.74, 6) is 3.63. The molecule has 0 atom stereocenters. The molecule has 0 fully saturated rings. The van der Waals surface area contributed by atoms with Crippen molar-refractivity contribution in [2.45, 2.75) is 13.3 Å². The number of aromatic nitrogens is 3. The molecule has 0 aliphatic heterocycles. The largest absolute Gasteiger partial charge is 0.493 e. The molecule has 0 bridgehead atoms. The van der Waals surface area contributed by atoms with Gasteiger partial charge in [0.2, 0.25) is 0 Å². The lowest BCUT2D eigenvalue weighted by molar-refractivity contribution is 0.323. The maximum absolute atomic E-state index is 6.10. The fourth-order valence-corrected chi connectivity index (χ4v) is 2.24. The van der Waals surface area contributed by atoms with E-state index in [0.717, 1.165) is 5.56 Å². The van der Waals surface area contributed by atoms with Crippen molar-refractivity contribution < 1.29 is 4.74 Å². The van der Waals surface area contributed by atoms with E-state index < -0.39 is 0 Å². The Morgan fingerprint density at radius 2 is 2.30 bits per heavy atom. The molecule has 3 N–H and O–H groups in total. The highest BCUT2D eigenvalue weighted by atomic mass is 35.5. The zero-order chi connectivity index (χ0) is 16.7. The number of aromatic amines is 1. The van der Waals surface area contributed by atoms with Crippen LogP contribution in [0.25, 0.3) is 11.3 Å². The summed E-state index contributed by atoms with van der Waals surface area (Å²) in [5.41, 5.74) is 7.88. The minimum atomic E-state index is 0.345. The van der Waals surface area contributed by atoms with Crippen LogP contribution >= 0.6 is 11.6 Å². The number of halogens is 1. The second-order valence-electron chi connectivity index (χ2n) is 4.65. The highest BCUT2D eigenvalue weighted by Gasteiger charge is 2.08. The van der Waals surface area contributed by atoms with E-state index in [1.165, 1.54) is 0 Å². The number of H-pyrrole nitrogens is 1. The standard InChI is InChI=1S/C17H17ClN4O/c1-3-6-15(18)12(4-2)9-10-23-14-8-5-7-13(11-14)16-17(19)21-22-20-16/h2-3,5-8,11H,9-10H2,1H3,(H3,19,20,21,22)/b6-3-,15-12-. The molecule has 0 spiro atoms. The number of nitrogens with zero attached hydrogens (tertiary/aromatic N) is 2. The zero-order valence-electron chi connectivity index (χ0n) is 12.7. The van der Waals surface area contributed by atoms with E-state index in [1.54, 1.807) is 6.08 Å². The van der Waals surface area contributed by atoms with Gasteiger partial charge in [-0.2, -0.15) is 10.3 Å². The molecule has 0 saturated heterocycles. The second kappa shape index (κ2) is 8.06. The van der Waals surface area contributed by atoms with Crippen molar-refractivity contribution in [3.63, 3.8) is 0 Å². The Kier molecular flexibility index (Phi) is 5.84. The first-order chi connectivity index (χ1) is 11.2. The third-order valence-corrected chi connectivity index (χ3v) is 3.43. The minimum absolute atomic E-state index is 0.345. The topological polar surface area (TPSA) is 76.8 Å². The third-order valence-electron chi connectivity index (χ3n) is 3.08. The number of nitrogen functional groups attached to an aromatic ring is 1. The van der Waals surface area contributed by atoms with Gasteiger partial charge in [-0.05, 0) is 25.1 Å². The van der Waals surface area contributed by atoms with Crippen LogP contribution in [-0.2, 0) is 0 Å². The molecule has 23 heavy (non-hydrogen) atoms. The van der Waals surface area contributed by atoms with Crippen LogP contribution in [0.3, 0.4) is 0 Å². The van der Waals surface area contributed by atoms with E-state index in [1.807, 2.05) is 37.3 Å². The second-order valence-corrected chi connectivity index (χ2v) is 5.06. The maximum Gasteiger partial charge on any atom is 0.173 e. The predicted molar refractivity (Wildman–Crippen MR) is 92.9 cm³/mol. The van der Waals surface area contributed by atoms with E-state index in [9.17, 15) is 0 Å². The lowest BCUT2D eigenvalue weighted by Crippen LogP contribution is -1.99. The molecule has 0 radical (unpaired) electrons. The molecule has 0 unspecified atom stereocenters. The summed E-state index contributed by atoms with van der Waals surface area (Å²) < 4.78 is 5.73. The Bertz CT molecular complexity index is 771. The Morgan fingerprint density at radius 1 is 1.48 bits per heavy atom. The molecule has 0 amide bonds. The number of nitrogens with one attached hydrogen (secondary N) is 1. The average Bonchev–Trinajstić information content (AvgIpc) is 2.98. The van der Waals surface area contributed by atoms with Crippen molar-refractivity contribution in [3.8, 4) is 29.4 Å². The molecule has 2 rings (SSSR count). The summed E-state index contributed by atoms with van der Waals surface area (Å²) in [6.45, 7) is 2.30. The van der Waals surface area contributed by atoms with Gasteiger partial charge in [0.05, 0.1) is 11.6 Å². The monoisotopic (exact) mass is 328 g/mol. The van der Waals surface area contributed by atoms with E-state index in [0.29, 0.717) is 40.9 Å². The van der Waals surface area contributed by atoms with Crippen molar-refractivity contribution in [2.75, 3.05) is 12.3 Å². The first kappa shape index (κ1) is 16.7. The fraction of sp³-hybridized carbons (Fsp3) is 0.176. The lowest BCUT2D eigenvalue weighted by Gasteiger charge is -2.08. The van der Waals surface area contributed by atoms with Crippen LogP contribution < -0.4 is 10.5 Å². The van der Waals surface area contributed by atoms with Crippen LogP contribution in [0.5, 0.6) is 5.75 Å². The Balaban J connectivity index is 2.04. The molecular formula is C17H17ClN4O. The SMILES string of the molecule is C#C/C(CCOc1cccc(-c2n[nH]nc2N)c1)=C(Cl)\C=C/C. The Hall–Kier alpha value is -2.71. The molecule has 118 valence electrons. The van der Waals surface area contributed by atoms with Gasteiger partial charge in [0.1, 0.15) is 11.4 Å². The summed E-state index contributed by atoms with van der Waals surface area (Å²) in [7, 11) is 0. The number of hydrogen-bond acceptors (Lipinski definition) is 4. The number of hydrogen-bond donors (Lipinski definition) is 2. The van der Waals surface area contributed by atoms with Crippen molar-refractivity contribution in [1.29, 1.82) is 0 Å². The van der Waals surface area contributed by atoms with Gasteiger partial charge < -0.3 is 10.5 Å². The van der Waals surface area contributed by atoms with Crippen LogP contribution in [-0.4, -0.2) is 22.0 Å². The molecule has 1 aromatic carbocycles. The van der Waals surface area contributed by atoms with Crippen molar-refractivity contribution >= 4 is 17.4 Å². The molecule has 2 aromatic rings. The van der Waals surface area contributed by atoms with Crippen molar-refractivity contribution in [3.05, 3.63) is 47.0 Å². The van der Waals surface area contributed by atoms with Crippen LogP contribution in [0.15, 0.2) is 47.0 Å². The van der Waals surface area contributed by atoms with E-state index in [2.05, 4.69) is 21.3 Å². The van der Waals surface area contributed by atoms with Gasteiger partial charge in [-0.3, -0.25) is 0 Å². The van der Waals surface area contributed by atoms with Crippen LogP contribution in [0, 0.1) is 12.3 Å². The Labute approximate surface area is 140 Å². The number of nitrogens with two attached hydrogens (primary N) is 1. The molecule has 0 aliphatic rings. The molecule has 1 aromatic heterocycles. The minimum Gasteiger partial charge on any atom is -0.493 e. The van der Waals surface area contributed by atoms with E-state index >= 15 is 0 Å². The number of rotatable bonds is 6. The first-order valence-corrected chi connectivity index (χ1v) is 7.41. The number of benzene rings is 1. The van der Waals surface area contributed by atoms with Gasteiger partial charge in [0.25, 0.3) is 0 Å². The summed E-state index contributed by atoms with van der Waals surface area (Å²) in [6, 6.07) is 7.45. The average molecular weight is 329 g/mol. The van der Waals surface area contributed by atoms with Gasteiger partial charge in [-0.1, -0.05) is 35.7 Å². The molecule has 0 aliphatic carbocycles. The summed E-state index contributed by atoms with van der Waals surface area (Å²) in [4.78, 5) is 0. The molecule has 6 heteroatoms. The van der Waals surface area contributed by atoms with E-state index in [4.69, 9.17) is 28.5 Å². The first-order valence-electron chi connectivity index (χ1n) is 7.03. The number of ether oxygens (including phenoxy) is 1. The van der Waals surface area contributed by atoms with Crippen LogP contribution in [0.2, 0.25) is 0 Å². The highest BCUT2D eigenvalue weighted by Crippen LogP contribution is 2.25. The van der Waals surface area contributed by atoms with Crippen LogP contribution in [0.4, 0.5) is 5.82 Å². The summed E-state index contributed by atoms with van der Waals surface area (Å²) in [5, 5.41) is 10.9. The Morgan fingerprint density at radius 3 is 2.96 bits per heavy atom. The predicted octanol–water partition coefficient (Wildman–Crippen LogP) is 3.53. The molecule has 5 nitrogen and oxygen atoms in total. The smallest absolute Gasteiger partial charge is 0.173 e. The quantitative estimate of drug-likeness (QED) is 0.628. The van der Waals surface area contributed by atoms with Gasteiger partial charge in [-0.15, -0.1) is 11.5 Å². The van der Waals surface area contributed by atoms with Gasteiger partial charge in [0.15, 0.2) is 5.82 Å². The molecular weight excluding hydrogens is 312 g/mol. The summed E-state index contributed by atoms with van der Waals surface area (Å²) in [6.07, 6.45) is 9.63. The van der Waals surface area contributed by atoms with E-state index in [-0.39, 0.29) is 0 Å². The molecule has 1 heterocycles. The van der Waals surface area contributed by atoms with Crippen molar-refractivity contribution in [2.24, 2.45) is 0 Å². The highest BCUT2D eigenvalue weighted by molar-refractivity contribution is 6.31. The van der Waals surface area contributed by atoms with Gasteiger partial charge >= 0.3 is 0 Å². The fourth-order valence-electron chi connectivity index (χ4n) is 1.96. The van der Waals surface area contributed by atoms with Gasteiger partial charge in [-0.25, -0.2) is 0 Å². The normalized spacial score (nSPS) is 12.0. The molecule has 0 saturated carbocycles. The maximum atomic E-state index is 6.10. The lowest BCUT2D eigenvalue weighted by atomic mass is 10.1. The number of terminal acetylenes is 1. The van der Waals surface area contributed by atoms with Crippen molar-refractivity contribution in [1.82, 2.24) is 15.4 Å².